The van der Waals surface area contributed by atoms with E-state index >= 15 is 0 Å². The summed E-state index contributed by atoms with van der Waals surface area (Å²) in [6.07, 6.45) is 18.4. The van der Waals surface area contributed by atoms with Crippen LogP contribution in [0.2, 0.25) is 0 Å². The van der Waals surface area contributed by atoms with Crippen LogP contribution < -0.4 is 5.32 Å². The topological polar surface area (TPSA) is 29.1 Å². The maximum Gasteiger partial charge on any atom is 0.0793 e. The van der Waals surface area contributed by atoms with Crippen LogP contribution in [-0.2, 0) is 10.8 Å². The summed E-state index contributed by atoms with van der Waals surface area (Å²) in [4.78, 5) is 0. The second kappa shape index (κ2) is 5.30. The minimum Gasteiger partial charge on any atom is -0.388 e. The summed E-state index contributed by atoms with van der Waals surface area (Å²) < 4.78 is 12.5. The summed E-state index contributed by atoms with van der Waals surface area (Å²) in [7, 11) is -0.816. The van der Waals surface area contributed by atoms with Crippen LogP contribution in [0.15, 0.2) is 70.5 Å². The molecular formula is C18H19NOS. The van der Waals surface area contributed by atoms with Gasteiger partial charge in [-0.1, -0.05) is 42.5 Å². The van der Waals surface area contributed by atoms with Gasteiger partial charge in [0.2, 0.25) is 0 Å². The molecule has 108 valence electrons. The van der Waals surface area contributed by atoms with Crippen LogP contribution in [0.4, 0.5) is 0 Å². The lowest BCUT2D eigenvalue weighted by molar-refractivity contribution is 0.582. The van der Waals surface area contributed by atoms with Gasteiger partial charge in [-0.3, -0.25) is 4.21 Å². The third-order valence-electron chi connectivity index (χ3n) is 4.55. The highest BCUT2D eigenvalue weighted by atomic mass is 32.2. The zero-order valence-corrected chi connectivity index (χ0v) is 12.8. The largest absolute Gasteiger partial charge is 0.388 e. The highest BCUT2D eigenvalue weighted by Crippen LogP contribution is 2.41. The Bertz CT molecular complexity index is 680. The molecule has 0 amide bonds. The van der Waals surface area contributed by atoms with E-state index in [-0.39, 0.29) is 5.25 Å². The number of rotatable bonds is 0. The highest BCUT2D eigenvalue weighted by Gasteiger charge is 2.36. The number of fused-ring (bicyclic) bond motifs is 2. The Labute approximate surface area is 128 Å². The number of hydrogen-bond acceptors (Lipinski definition) is 2. The van der Waals surface area contributed by atoms with Gasteiger partial charge in [0, 0.05) is 23.0 Å². The SMILES string of the molecule is O=S1CC(=C2CCCCN2)C2=C3C=CC=CC=C3C=CC21. The summed E-state index contributed by atoms with van der Waals surface area (Å²) in [5.41, 5.74) is 6.44. The van der Waals surface area contributed by atoms with Gasteiger partial charge in [0.05, 0.1) is 11.0 Å². The first-order valence-corrected chi connectivity index (χ1v) is 9.04. The van der Waals surface area contributed by atoms with Gasteiger partial charge in [-0.25, -0.2) is 0 Å². The lowest BCUT2D eigenvalue weighted by Crippen LogP contribution is -2.22. The molecule has 2 nitrogen and oxygen atoms in total. The van der Waals surface area contributed by atoms with Crippen LogP contribution in [0.1, 0.15) is 19.3 Å². The molecule has 0 saturated carbocycles. The van der Waals surface area contributed by atoms with E-state index in [1.165, 1.54) is 40.8 Å². The summed E-state index contributed by atoms with van der Waals surface area (Å²) >= 11 is 0. The monoisotopic (exact) mass is 297 g/mol. The molecule has 2 unspecified atom stereocenters. The van der Waals surface area contributed by atoms with Crippen LogP contribution in [0.3, 0.4) is 0 Å². The summed E-state index contributed by atoms with van der Waals surface area (Å²) in [5.74, 6) is 0.699. The van der Waals surface area contributed by atoms with E-state index in [1.807, 2.05) is 0 Å². The molecule has 0 aromatic heterocycles. The minimum atomic E-state index is -0.816. The molecule has 2 atom stereocenters. The fourth-order valence-electron chi connectivity index (χ4n) is 3.52. The average molecular weight is 297 g/mol. The van der Waals surface area contributed by atoms with Crippen molar-refractivity contribution in [3.8, 4) is 0 Å². The van der Waals surface area contributed by atoms with Crippen LogP contribution in [0.5, 0.6) is 0 Å². The first-order chi connectivity index (χ1) is 10.3. The predicted octanol–water partition coefficient (Wildman–Crippen LogP) is 3.06. The Balaban J connectivity index is 1.89. The van der Waals surface area contributed by atoms with E-state index in [9.17, 15) is 4.21 Å². The Morgan fingerprint density at radius 2 is 2.10 bits per heavy atom. The zero-order valence-electron chi connectivity index (χ0n) is 12.0. The molecule has 21 heavy (non-hydrogen) atoms. The molecule has 0 bridgehead atoms. The van der Waals surface area contributed by atoms with Gasteiger partial charge in [0.1, 0.15) is 0 Å². The minimum absolute atomic E-state index is 0.0751. The number of allylic oxidation sites excluding steroid dienone is 9. The molecule has 1 N–H and O–H groups in total. The molecule has 2 heterocycles. The fourth-order valence-corrected chi connectivity index (χ4v) is 5.10. The van der Waals surface area contributed by atoms with Crippen molar-refractivity contribution in [3.05, 3.63) is 70.5 Å². The van der Waals surface area contributed by atoms with Crippen molar-refractivity contribution in [3.63, 3.8) is 0 Å². The first-order valence-electron chi connectivity index (χ1n) is 7.66. The van der Waals surface area contributed by atoms with Crippen molar-refractivity contribution >= 4 is 10.8 Å². The van der Waals surface area contributed by atoms with Crippen LogP contribution in [0.25, 0.3) is 0 Å². The molecule has 2 fully saturated rings. The van der Waals surface area contributed by atoms with Crippen LogP contribution in [0, 0.1) is 0 Å². The summed E-state index contributed by atoms with van der Waals surface area (Å²) in [5, 5.41) is 3.63. The lowest BCUT2D eigenvalue weighted by atomic mass is 9.86. The lowest BCUT2D eigenvalue weighted by Gasteiger charge is -2.23. The smallest absolute Gasteiger partial charge is 0.0793 e. The molecule has 4 rings (SSSR count). The molecular weight excluding hydrogens is 278 g/mol. The van der Waals surface area contributed by atoms with E-state index in [1.54, 1.807) is 0 Å². The van der Waals surface area contributed by atoms with Crippen molar-refractivity contribution in [2.24, 2.45) is 0 Å². The van der Waals surface area contributed by atoms with Crippen molar-refractivity contribution in [1.29, 1.82) is 0 Å². The Hall–Kier alpha value is -1.61. The quantitative estimate of drug-likeness (QED) is 0.744. The number of hydrogen-bond donors (Lipinski definition) is 1. The molecule has 3 heteroatoms. The van der Waals surface area contributed by atoms with Crippen LogP contribution in [-0.4, -0.2) is 21.8 Å². The maximum atomic E-state index is 12.5. The van der Waals surface area contributed by atoms with Gasteiger partial charge in [-0.2, -0.15) is 0 Å². The van der Waals surface area contributed by atoms with E-state index in [2.05, 4.69) is 47.8 Å². The first kappa shape index (κ1) is 13.1. The van der Waals surface area contributed by atoms with Gasteiger partial charge in [-0.05, 0) is 41.6 Å². The zero-order chi connectivity index (χ0) is 14.2. The normalized spacial score (nSPS) is 34.2. The molecule has 0 aromatic carbocycles. The second-order valence-electron chi connectivity index (χ2n) is 5.84. The second-order valence-corrected chi connectivity index (χ2v) is 7.40. The van der Waals surface area contributed by atoms with E-state index < -0.39 is 10.8 Å². The molecule has 2 aliphatic carbocycles. The van der Waals surface area contributed by atoms with E-state index in [0.717, 1.165) is 13.0 Å². The summed E-state index contributed by atoms with van der Waals surface area (Å²) in [6.45, 7) is 1.05. The van der Waals surface area contributed by atoms with Gasteiger partial charge in [-0.15, -0.1) is 0 Å². The highest BCUT2D eigenvalue weighted by molar-refractivity contribution is 7.86. The third kappa shape index (κ3) is 2.20. The Morgan fingerprint density at radius 1 is 1.14 bits per heavy atom. The molecule has 2 saturated heterocycles. The summed E-state index contributed by atoms with van der Waals surface area (Å²) in [6, 6.07) is 0. The number of piperidine rings is 1. The van der Waals surface area contributed by atoms with Gasteiger partial charge in [0.25, 0.3) is 0 Å². The van der Waals surface area contributed by atoms with Crippen LogP contribution >= 0.6 is 0 Å². The standard InChI is InChI=1S/C18H19NOS/c20-21-12-15(16-8-4-5-11-19-16)18-14-7-3-1-2-6-13(14)9-10-17(18)21/h1-3,6-7,9-10,17,19H,4-5,8,11-12H2. The molecule has 2 aliphatic heterocycles. The Morgan fingerprint density at radius 3 is 2.95 bits per heavy atom. The van der Waals surface area contributed by atoms with Gasteiger partial charge < -0.3 is 5.32 Å². The van der Waals surface area contributed by atoms with Crippen molar-refractivity contribution < 1.29 is 4.21 Å². The predicted molar refractivity (Wildman–Crippen MR) is 88.2 cm³/mol. The number of nitrogens with one attached hydrogen (secondary N) is 1. The molecule has 0 aromatic rings. The maximum absolute atomic E-state index is 12.5. The van der Waals surface area contributed by atoms with E-state index in [0.29, 0.717) is 5.75 Å². The molecule has 0 spiro atoms. The molecule has 4 aliphatic rings. The van der Waals surface area contributed by atoms with Gasteiger partial charge >= 0.3 is 0 Å². The Kier molecular flexibility index (Phi) is 3.30. The van der Waals surface area contributed by atoms with E-state index in [4.69, 9.17) is 0 Å². The fraction of sp³-hybridized carbons (Fsp3) is 0.333. The average Bonchev–Trinajstić information content (AvgIpc) is 2.72. The third-order valence-corrected chi connectivity index (χ3v) is 6.08. The van der Waals surface area contributed by atoms with Crippen molar-refractivity contribution in [2.45, 2.75) is 24.5 Å². The van der Waals surface area contributed by atoms with Crippen molar-refractivity contribution in [2.75, 3.05) is 12.3 Å². The van der Waals surface area contributed by atoms with Gasteiger partial charge in [0.15, 0.2) is 0 Å². The van der Waals surface area contributed by atoms with Crippen molar-refractivity contribution in [1.82, 2.24) is 5.32 Å². The molecule has 0 radical (unpaired) electrons.